The molecule has 0 radical (unpaired) electrons. The van der Waals surface area contributed by atoms with Gasteiger partial charge in [0.15, 0.2) is 0 Å². The fourth-order valence-electron chi connectivity index (χ4n) is 3.13. The summed E-state index contributed by atoms with van der Waals surface area (Å²) in [6.45, 7) is 0. The van der Waals surface area contributed by atoms with Gasteiger partial charge < -0.3 is 0 Å². The Morgan fingerprint density at radius 2 is 1.39 bits per heavy atom. The quantitative estimate of drug-likeness (QED) is 0.362. The zero-order valence-corrected chi connectivity index (χ0v) is 16.1. The van der Waals surface area contributed by atoms with Gasteiger partial charge in [-0.25, -0.2) is 4.99 Å². The van der Waals surface area contributed by atoms with E-state index >= 15 is 0 Å². The van der Waals surface area contributed by atoms with E-state index in [-0.39, 0.29) is 0 Å². The van der Waals surface area contributed by atoms with Crippen LogP contribution < -0.4 is 0 Å². The number of rotatable bonds is 5. The second kappa shape index (κ2) is 8.64. The van der Waals surface area contributed by atoms with Crippen molar-refractivity contribution < 1.29 is 0 Å². The Labute approximate surface area is 170 Å². The van der Waals surface area contributed by atoms with E-state index in [1.807, 2.05) is 72.9 Å². The van der Waals surface area contributed by atoms with Crippen LogP contribution in [-0.4, -0.2) is 10.7 Å². The number of aromatic nitrogens is 1. The Balaban J connectivity index is 1.76. The van der Waals surface area contributed by atoms with Crippen molar-refractivity contribution in [3.05, 3.63) is 131 Å². The molecule has 4 aromatic rings. The molecule has 0 unspecified atom stereocenters. The number of halogens is 1. The predicted octanol–water partition coefficient (Wildman–Crippen LogP) is 6.49. The number of aliphatic imine (C=N–C) groups is 1. The third kappa shape index (κ3) is 4.54. The maximum absolute atomic E-state index is 6.40. The molecule has 0 amide bonds. The molecule has 0 saturated carbocycles. The van der Waals surface area contributed by atoms with Crippen LogP contribution in [0, 0.1) is 0 Å². The Hall–Kier alpha value is -3.23. The third-order valence-electron chi connectivity index (χ3n) is 4.39. The lowest BCUT2D eigenvalue weighted by atomic mass is 10.0. The maximum Gasteiger partial charge on any atom is 0.0781 e. The molecule has 0 fully saturated rings. The first-order valence-corrected chi connectivity index (χ1v) is 9.55. The maximum atomic E-state index is 6.40. The topological polar surface area (TPSA) is 25.2 Å². The van der Waals surface area contributed by atoms with Gasteiger partial charge in [-0.15, -0.1) is 0 Å². The van der Waals surface area contributed by atoms with Gasteiger partial charge in [-0.1, -0.05) is 78.3 Å². The largest absolute Gasteiger partial charge is 0.261 e. The van der Waals surface area contributed by atoms with Crippen LogP contribution in [0.4, 0.5) is 5.69 Å². The summed E-state index contributed by atoms with van der Waals surface area (Å²) in [5.74, 6) is 0. The Morgan fingerprint density at radius 3 is 2.00 bits per heavy atom. The molecule has 0 aliphatic carbocycles. The lowest BCUT2D eigenvalue weighted by Gasteiger charge is -2.09. The summed E-state index contributed by atoms with van der Waals surface area (Å²) < 4.78 is 0. The van der Waals surface area contributed by atoms with Crippen molar-refractivity contribution in [1.29, 1.82) is 0 Å². The molecule has 4 rings (SSSR count). The monoisotopic (exact) mass is 382 g/mol. The van der Waals surface area contributed by atoms with Gasteiger partial charge in [-0.2, -0.15) is 0 Å². The number of nitrogens with zero attached hydrogens (tertiary/aromatic N) is 2. The summed E-state index contributed by atoms with van der Waals surface area (Å²) >= 11 is 6.40. The summed E-state index contributed by atoms with van der Waals surface area (Å²) in [5, 5.41) is 0.674. The van der Waals surface area contributed by atoms with Crippen molar-refractivity contribution in [3.8, 4) is 0 Å². The number of pyridine rings is 1. The van der Waals surface area contributed by atoms with Crippen LogP contribution in [0.25, 0.3) is 0 Å². The van der Waals surface area contributed by atoms with Gasteiger partial charge in [0.1, 0.15) is 0 Å². The second-order valence-electron chi connectivity index (χ2n) is 6.51. The highest BCUT2D eigenvalue weighted by molar-refractivity contribution is 6.31. The van der Waals surface area contributed by atoms with Crippen molar-refractivity contribution in [2.24, 2.45) is 4.99 Å². The number of hydrogen-bond acceptors (Lipinski definition) is 2. The molecule has 2 nitrogen and oxygen atoms in total. The zero-order chi connectivity index (χ0) is 19.2. The van der Waals surface area contributed by atoms with Crippen LogP contribution in [0.3, 0.4) is 0 Å². The fourth-order valence-corrected chi connectivity index (χ4v) is 3.38. The van der Waals surface area contributed by atoms with Crippen molar-refractivity contribution in [1.82, 2.24) is 4.98 Å². The Kier molecular flexibility index (Phi) is 5.60. The highest BCUT2D eigenvalue weighted by Crippen LogP contribution is 2.25. The van der Waals surface area contributed by atoms with Gasteiger partial charge in [0.2, 0.25) is 0 Å². The SMILES string of the molecule is Clc1cc(Cc2ccccn2)cc(N=C(c2ccccc2)c2ccccc2)c1. The van der Waals surface area contributed by atoms with Crippen LogP contribution in [0.15, 0.2) is 108 Å². The average molecular weight is 383 g/mol. The molecule has 0 atom stereocenters. The van der Waals surface area contributed by atoms with E-state index in [1.165, 1.54) is 0 Å². The molecule has 1 heterocycles. The van der Waals surface area contributed by atoms with E-state index < -0.39 is 0 Å². The molecule has 3 aromatic carbocycles. The van der Waals surface area contributed by atoms with E-state index in [2.05, 4.69) is 35.3 Å². The summed E-state index contributed by atoms with van der Waals surface area (Å²) in [4.78, 5) is 9.38. The molecule has 0 aliphatic heterocycles. The smallest absolute Gasteiger partial charge is 0.0781 e. The third-order valence-corrected chi connectivity index (χ3v) is 4.61. The molecule has 3 heteroatoms. The van der Waals surface area contributed by atoms with Crippen LogP contribution in [-0.2, 0) is 6.42 Å². The van der Waals surface area contributed by atoms with Crippen LogP contribution in [0.2, 0.25) is 5.02 Å². The molecule has 0 bridgehead atoms. The van der Waals surface area contributed by atoms with Crippen LogP contribution in [0.1, 0.15) is 22.4 Å². The normalized spacial score (nSPS) is 10.5. The summed E-state index contributed by atoms with van der Waals surface area (Å²) in [5.41, 5.74) is 5.99. The van der Waals surface area contributed by atoms with E-state index in [9.17, 15) is 0 Å². The van der Waals surface area contributed by atoms with Gasteiger partial charge >= 0.3 is 0 Å². The van der Waals surface area contributed by atoms with E-state index in [1.54, 1.807) is 0 Å². The number of hydrogen-bond donors (Lipinski definition) is 0. The Bertz CT molecular complexity index is 1030. The second-order valence-corrected chi connectivity index (χ2v) is 6.94. The van der Waals surface area contributed by atoms with Crippen molar-refractivity contribution in [3.63, 3.8) is 0 Å². The zero-order valence-electron chi connectivity index (χ0n) is 15.3. The molecule has 0 saturated heterocycles. The fraction of sp³-hybridized carbons (Fsp3) is 0.0400. The first-order chi connectivity index (χ1) is 13.8. The predicted molar refractivity (Wildman–Crippen MR) is 117 cm³/mol. The van der Waals surface area contributed by atoms with Crippen molar-refractivity contribution >= 4 is 23.0 Å². The number of benzene rings is 3. The first kappa shape index (κ1) is 18.1. The minimum Gasteiger partial charge on any atom is -0.261 e. The standard InChI is InChI=1S/C25H19ClN2/c26-22-15-19(16-23-13-7-8-14-27-23)17-24(18-22)28-25(20-9-3-1-4-10-20)21-11-5-2-6-12-21/h1-15,17-18H,16H2. The molecule has 28 heavy (non-hydrogen) atoms. The van der Waals surface area contributed by atoms with Gasteiger partial charge in [0, 0.05) is 34.5 Å². The first-order valence-electron chi connectivity index (χ1n) is 9.17. The molecular weight excluding hydrogens is 364 g/mol. The van der Waals surface area contributed by atoms with Gasteiger partial charge in [-0.05, 0) is 35.9 Å². The van der Waals surface area contributed by atoms with Crippen LogP contribution in [0.5, 0.6) is 0 Å². The van der Waals surface area contributed by atoms with Gasteiger partial charge in [0.25, 0.3) is 0 Å². The summed E-state index contributed by atoms with van der Waals surface area (Å²) in [7, 11) is 0. The highest BCUT2D eigenvalue weighted by Gasteiger charge is 2.08. The lowest BCUT2D eigenvalue weighted by Crippen LogP contribution is -2.02. The molecule has 0 aliphatic rings. The van der Waals surface area contributed by atoms with Crippen molar-refractivity contribution in [2.75, 3.05) is 0 Å². The molecule has 0 spiro atoms. The average Bonchev–Trinajstić information content (AvgIpc) is 2.74. The highest BCUT2D eigenvalue weighted by atomic mass is 35.5. The van der Waals surface area contributed by atoms with Crippen LogP contribution >= 0.6 is 11.6 Å². The molecule has 0 N–H and O–H groups in total. The summed E-state index contributed by atoms with van der Waals surface area (Å²) in [6.07, 6.45) is 2.53. The van der Waals surface area contributed by atoms with E-state index in [0.29, 0.717) is 5.02 Å². The van der Waals surface area contributed by atoms with Crippen molar-refractivity contribution in [2.45, 2.75) is 6.42 Å². The Morgan fingerprint density at radius 1 is 0.750 bits per heavy atom. The van der Waals surface area contributed by atoms with E-state index in [4.69, 9.17) is 16.6 Å². The summed E-state index contributed by atoms with van der Waals surface area (Å²) in [6, 6.07) is 32.3. The van der Waals surface area contributed by atoms with Gasteiger partial charge in [-0.3, -0.25) is 4.98 Å². The lowest BCUT2D eigenvalue weighted by molar-refractivity contribution is 1.07. The van der Waals surface area contributed by atoms with E-state index in [0.717, 1.165) is 40.2 Å². The minimum absolute atomic E-state index is 0.674. The molecule has 136 valence electrons. The minimum atomic E-state index is 0.674. The molecular formula is C25H19ClN2. The van der Waals surface area contributed by atoms with Gasteiger partial charge in [0.05, 0.1) is 11.4 Å². The molecule has 1 aromatic heterocycles.